The summed E-state index contributed by atoms with van der Waals surface area (Å²) in [5, 5.41) is 8.54. The number of pyridine rings is 1. The molecular weight excluding hydrogens is 546 g/mol. The summed E-state index contributed by atoms with van der Waals surface area (Å²) in [4.78, 5) is 15.0. The topological polar surface area (TPSA) is 105 Å². The molecule has 14 heteroatoms. The number of nitrogens with one attached hydrogen (secondary N) is 2. The van der Waals surface area contributed by atoms with E-state index in [1.54, 1.807) is 17.6 Å². The number of benzene rings is 2. The Balaban J connectivity index is 1.66. The quantitative estimate of drug-likeness (QED) is 0.269. The standard InChI is InChI=1S/C24H15F4N5O3S2/c1-12(34)30-19-10-13(6-7-29-19)20-23(31-33-8-9-37-24(20)33)21-16(27)4-5-17(22(21)28)32-38(35,36)18-11-14(25)2-3-15(18)26/h2-11,32H,1H3,(H,29,30,34). The molecule has 8 nitrogen and oxygen atoms in total. The summed E-state index contributed by atoms with van der Waals surface area (Å²) >= 11 is 1.23. The molecule has 0 aliphatic carbocycles. The lowest BCUT2D eigenvalue weighted by atomic mass is 10.0. The van der Waals surface area contributed by atoms with Crippen LogP contribution in [0.15, 0.2) is 65.1 Å². The Labute approximate surface area is 216 Å². The molecule has 0 atom stereocenters. The third kappa shape index (κ3) is 4.59. The van der Waals surface area contributed by atoms with Gasteiger partial charge in [-0.15, -0.1) is 11.3 Å². The smallest absolute Gasteiger partial charge is 0.265 e. The van der Waals surface area contributed by atoms with Crippen LogP contribution in [0.25, 0.3) is 27.2 Å². The minimum atomic E-state index is -4.79. The molecule has 0 radical (unpaired) electrons. The van der Waals surface area contributed by atoms with Crippen LogP contribution in [0.4, 0.5) is 29.1 Å². The second kappa shape index (κ2) is 9.54. The van der Waals surface area contributed by atoms with E-state index < -0.39 is 49.4 Å². The Morgan fingerprint density at radius 3 is 2.53 bits per heavy atom. The van der Waals surface area contributed by atoms with Crippen LogP contribution in [0.3, 0.4) is 0 Å². The van der Waals surface area contributed by atoms with Gasteiger partial charge in [0.15, 0.2) is 5.82 Å². The number of amides is 1. The van der Waals surface area contributed by atoms with Crippen molar-refractivity contribution in [2.24, 2.45) is 0 Å². The molecule has 0 fully saturated rings. The van der Waals surface area contributed by atoms with E-state index in [2.05, 4.69) is 15.4 Å². The third-order valence-corrected chi connectivity index (χ3v) is 7.61. The lowest BCUT2D eigenvalue weighted by molar-refractivity contribution is -0.114. The van der Waals surface area contributed by atoms with Gasteiger partial charge >= 0.3 is 0 Å². The van der Waals surface area contributed by atoms with Crippen LogP contribution in [-0.4, -0.2) is 28.9 Å². The number of carbonyl (C=O) groups is 1. The molecule has 38 heavy (non-hydrogen) atoms. The lowest BCUT2D eigenvalue weighted by Crippen LogP contribution is -2.16. The lowest BCUT2D eigenvalue weighted by Gasteiger charge is -2.13. The molecule has 2 N–H and O–H groups in total. The van der Waals surface area contributed by atoms with E-state index in [-0.39, 0.29) is 17.4 Å². The highest BCUT2D eigenvalue weighted by molar-refractivity contribution is 7.92. The van der Waals surface area contributed by atoms with Crippen LogP contribution in [0.5, 0.6) is 0 Å². The zero-order valence-corrected chi connectivity index (χ0v) is 20.8. The van der Waals surface area contributed by atoms with Gasteiger partial charge in [0.2, 0.25) is 5.91 Å². The maximum absolute atomic E-state index is 15.8. The highest BCUT2D eigenvalue weighted by Gasteiger charge is 2.28. The molecule has 0 aliphatic heterocycles. The summed E-state index contributed by atoms with van der Waals surface area (Å²) in [6.07, 6.45) is 2.96. The van der Waals surface area contributed by atoms with Crippen LogP contribution in [-0.2, 0) is 14.8 Å². The van der Waals surface area contributed by atoms with Crippen molar-refractivity contribution in [3.05, 3.63) is 83.5 Å². The van der Waals surface area contributed by atoms with Crippen molar-refractivity contribution in [2.45, 2.75) is 11.8 Å². The number of sulfonamides is 1. The van der Waals surface area contributed by atoms with Crippen molar-refractivity contribution in [1.82, 2.24) is 14.6 Å². The van der Waals surface area contributed by atoms with E-state index in [1.807, 2.05) is 4.72 Å². The highest BCUT2D eigenvalue weighted by atomic mass is 32.2. The summed E-state index contributed by atoms with van der Waals surface area (Å²) in [5.41, 5.74) is -0.814. The molecule has 0 saturated carbocycles. The summed E-state index contributed by atoms with van der Waals surface area (Å²) in [5.74, 6) is -4.84. The SMILES string of the molecule is CC(=O)Nc1cc(-c2c(-c3c(F)ccc(NS(=O)(=O)c4cc(F)ccc4F)c3F)nn3ccsc23)ccn1. The fraction of sp³-hybridized carbons (Fsp3) is 0.0417. The number of carbonyl (C=O) groups excluding carboxylic acids is 1. The van der Waals surface area contributed by atoms with Crippen molar-refractivity contribution in [2.75, 3.05) is 10.0 Å². The van der Waals surface area contributed by atoms with E-state index in [0.717, 1.165) is 18.2 Å². The number of rotatable bonds is 6. The second-order valence-electron chi connectivity index (χ2n) is 7.95. The number of halogens is 4. The Hall–Kier alpha value is -4.30. The van der Waals surface area contributed by atoms with Gasteiger partial charge in [-0.25, -0.2) is 35.5 Å². The van der Waals surface area contributed by atoms with E-state index in [4.69, 9.17) is 0 Å². The molecule has 5 rings (SSSR count). The van der Waals surface area contributed by atoms with Crippen molar-refractivity contribution in [1.29, 1.82) is 0 Å². The number of nitrogens with zero attached hydrogens (tertiary/aromatic N) is 3. The number of hydrogen-bond acceptors (Lipinski definition) is 6. The van der Waals surface area contributed by atoms with Gasteiger partial charge in [0.25, 0.3) is 10.0 Å². The monoisotopic (exact) mass is 561 g/mol. The largest absolute Gasteiger partial charge is 0.311 e. The summed E-state index contributed by atoms with van der Waals surface area (Å²) in [7, 11) is -4.79. The van der Waals surface area contributed by atoms with Gasteiger partial charge < -0.3 is 5.32 Å². The summed E-state index contributed by atoms with van der Waals surface area (Å²) in [6.45, 7) is 1.30. The van der Waals surface area contributed by atoms with Gasteiger partial charge in [-0.2, -0.15) is 5.10 Å². The van der Waals surface area contributed by atoms with Crippen LogP contribution < -0.4 is 10.0 Å². The van der Waals surface area contributed by atoms with Gasteiger partial charge in [-0.3, -0.25) is 9.52 Å². The molecule has 0 unspecified atom stereocenters. The van der Waals surface area contributed by atoms with Crippen LogP contribution in [0, 0.1) is 23.3 Å². The Kier molecular flexibility index (Phi) is 6.36. The molecule has 2 aromatic carbocycles. The fourth-order valence-electron chi connectivity index (χ4n) is 3.79. The van der Waals surface area contributed by atoms with Crippen molar-refractivity contribution in [3.63, 3.8) is 0 Å². The predicted octanol–water partition coefficient (Wildman–Crippen LogP) is 5.44. The van der Waals surface area contributed by atoms with Gasteiger partial charge in [0.1, 0.15) is 38.7 Å². The maximum Gasteiger partial charge on any atom is 0.265 e. The Morgan fingerprint density at radius 2 is 1.76 bits per heavy atom. The van der Waals surface area contributed by atoms with E-state index >= 15 is 8.78 Å². The Morgan fingerprint density at radius 1 is 1.00 bits per heavy atom. The molecule has 5 aromatic rings. The maximum atomic E-state index is 15.8. The van der Waals surface area contributed by atoms with E-state index in [9.17, 15) is 22.0 Å². The molecule has 194 valence electrons. The summed E-state index contributed by atoms with van der Waals surface area (Å²) in [6, 6.07) is 6.49. The number of thiazole rings is 1. The summed E-state index contributed by atoms with van der Waals surface area (Å²) < 4.78 is 87.3. The molecular formula is C24H15F4N5O3S2. The van der Waals surface area contributed by atoms with Crippen LogP contribution >= 0.6 is 11.3 Å². The number of hydrogen-bond donors (Lipinski definition) is 2. The number of anilines is 2. The normalized spacial score (nSPS) is 11.6. The first kappa shape index (κ1) is 25.4. The Bertz CT molecular complexity index is 1840. The molecule has 3 aromatic heterocycles. The van der Waals surface area contributed by atoms with Crippen LogP contribution in [0.1, 0.15) is 6.92 Å². The first-order valence-electron chi connectivity index (χ1n) is 10.7. The van der Waals surface area contributed by atoms with Crippen molar-refractivity contribution < 1.29 is 30.8 Å². The molecule has 0 spiro atoms. The minimum absolute atomic E-state index is 0.162. The van der Waals surface area contributed by atoms with Crippen molar-refractivity contribution >= 4 is 43.6 Å². The molecule has 0 saturated heterocycles. The van der Waals surface area contributed by atoms with E-state index in [0.29, 0.717) is 28.1 Å². The molecule has 0 aliphatic rings. The second-order valence-corrected chi connectivity index (χ2v) is 10.5. The van der Waals surface area contributed by atoms with Gasteiger partial charge in [-0.1, -0.05) is 0 Å². The van der Waals surface area contributed by atoms with Crippen molar-refractivity contribution in [3.8, 4) is 22.4 Å². The predicted molar refractivity (Wildman–Crippen MR) is 133 cm³/mol. The molecule has 1 amide bonds. The molecule has 0 bridgehead atoms. The number of aromatic nitrogens is 3. The van der Waals surface area contributed by atoms with E-state index in [1.165, 1.54) is 35.0 Å². The van der Waals surface area contributed by atoms with Gasteiger partial charge in [0.05, 0.1) is 11.3 Å². The molecule has 3 heterocycles. The first-order valence-corrected chi connectivity index (χ1v) is 13.1. The zero-order chi connectivity index (χ0) is 27.2. The number of fused-ring (bicyclic) bond motifs is 1. The average Bonchev–Trinajstić information content (AvgIpc) is 3.44. The van der Waals surface area contributed by atoms with Crippen LogP contribution in [0.2, 0.25) is 0 Å². The fourth-order valence-corrected chi connectivity index (χ4v) is 5.78. The highest BCUT2D eigenvalue weighted by Crippen LogP contribution is 2.41. The van der Waals surface area contributed by atoms with Gasteiger partial charge in [0, 0.05) is 30.3 Å². The zero-order valence-electron chi connectivity index (χ0n) is 19.2. The first-order chi connectivity index (χ1) is 18.0. The van der Waals surface area contributed by atoms with Gasteiger partial charge in [-0.05, 0) is 48.0 Å². The average molecular weight is 562 g/mol. The minimum Gasteiger partial charge on any atom is -0.311 e. The third-order valence-electron chi connectivity index (χ3n) is 5.36.